The maximum atomic E-state index is 6.26. The highest BCUT2D eigenvalue weighted by molar-refractivity contribution is 6.12. The number of nitrogens with zero attached hydrogens (tertiary/aromatic N) is 8. The van der Waals surface area contributed by atoms with E-state index >= 15 is 0 Å². The maximum absolute atomic E-state index is 6.26. The highest BCUT2D eigenvalue weighted by atomic mass is 16.4. The summed E-state index contributed by atoms with van der Waals surface area (Å²) >= 11 is 0. The van der Waals surface area contributed by atoms with Crippen LogP contribution in [0.1, 0.15) is 134 Å². The van der Waals surface area contributed by atoms with Crippen LogP contribution >= 0.6 is 0 Å². The highest BCUT2D eigenvalue weighted by Crippen LogP contribution is 2.42. The average molecular weight is 1410 g/mol. The molecule has 0 atom stereocenters. The zero-order chi connectivity index (χ0) is 75.4. The lowest BCUT2D eigenvalue weighted by Crippen LogP contribution is -2.32. The fourth-order valence-electron chi connectivity index (χ4n) is 15.5. The molecule has 12 nitrogen and oxygen atoms in total. The average Bonchev–Trinajstić information content (AvgIpc) is 1.69. The molecule has 0 amide bonds. The number of hydrogen-bond acceptors (Lipinski definition) is 8. The minimum Gasteiger partial charge on any atom is -0.437 e. The predicted octanol–water partition coefficient (Wildman–Crippen LogP) is 21.8. The first-order valence-corrected chi connectivity index (χ1v) is 37.7. The second-order valence-corrected chi connectivity index (χ2v) is 31.6. The Labute approximate surface area is 624 Å². The minimum atomic E-state index is 0.643. The van der Waals surface area contributed by atoms with E-state index in [1.54, 1.807) is 12.4 Å². The highest BCUT2D eigenvalue weighted by Gasteiger charge is 2.28. The Morgan fingerprint density at radius 2 is 0.519 bits per heavy atom. The van der Waals surface area contributed by atoms with E-state index in [-0.39, 0.29) is 0 Å². The number of fused-ring (bicyclic) bond motifs is 12. The first kappa shape index (κ1) is 73.6. The van der Waals surface area contributed by atoms with E-state index in [4.69, 9.17) is 17.7 Å². The molecule has 4 aromatic carbocycles. The lowest BCUT2D eigenvalue weighted by atomic mass is 9.96. The Kier molecular flexibility index (Phi) is 20.8. The third-order valence-electron chi connectivity index (χ3n) is 20.9. The third kappa shape index (κ3) is 14.6. The van der Waals surface area contributed by atoms with E-state index in [0.29, 0.717) is 46.5 Å². The number of aromatic nitrogens is 8. The molecule has 16 aromatic rings. The van der Waals surface area contributed by atoms with Crippen LogP contribution in [0.4, 0.5) is 0 Å². The van der Waals surface area contributed by atoms with Crippen LogP contribution in [-0.2, 0) is 53.9 Å². The molecule has 0 unspecified atom stereocenters. The van der Waals surface area contributed by atoms with Gasteiger partial charge < -0.3 is 17.7 Å². The Balaban J connectivity index is 0.000000125. The summed E-state index contributed by atoms with van der Waals surface area (Å²) in [6.45, 7) is 39.5. The van der Waals surface area contributed by atoms with Crippen LogP contribution in [-0.4, -0.2) is 19.9 Å². The van der Waals surface area contributed by atoms with Gasteiger partial charge in [0.1, 0.15) is 28.2 Å². The molecule has 0 fully saturated rings. The molecule has 0 saturated carbocycles. The fraction of sp³-hybridized carbons (Fsp3) is 0.319. The zero-order valence-electron chi connectivity index (χ0n) is 66.4. The summed E-state index contributed by atoms with van der Waals surface area (Å²) < 4.78 is 33.8. The quantitative estimate of drug-likeness (QED) is 0.111. The van der Waals surface area contributed by atoms with Gasteiger partial charge in [0, 0.05) is 113 Å². The van der Waals surface area contributed by atoms with Gasteiger partial charge in [0.25, 0.3) is 0 Å². The van der Waals surface area contributed by atoms with E-state index in [1.165, 1.54) is 89.5 Å². The van der Waals surface area contributed by atoms with Crippen LogP contribution in [0.15, 0.2) is 176 Å². The molecule has 0 saturated heterocycles. The molecule has 0 spiro atoms. The maximum Gasteiger partial charge on any atom is 0.227 e. The van der Waals surface area contributed by atoms with Gasteiger partial charge in [-0.25, -0.2) is 38.2 Å². The molecule has 0 radical (unpaired) electrons. The van der Waals surface area contributed by atoms with E-state index in [1.807, 2.05) is 38.1 Å². The first-order chi connectivity index (χ1) is 50.6. The van der Waals surface area contributed by atoms with Crippen molar-refractivity contribution >= 4 is 88.3 Å². The molecule has 12 heteroatoms. The van der Waals surface area contributed by atoms with Gasteiger partial charge in [0.05, 0.1) is 22.3 Å². The molecular weight excluding hydrogens is 1310 g/mol. The molecule has 0 N–H and O–H groups in total. The van der Waals surface area contributed by atoms with Crippen LogP contribution in [0, 0.1) is 92.9 Å². The van der Waals surface area contributed by atoms with Crippen molar-refractivity contribution in [3.05, 3.63) is 237 Å². The van der Waals surface area contributed by atoms with Crippen molar-refractivity contribution in [2.45, 2.75) is 150 Å². The van der Waals surface area contributed by atoms with Crippen molar-refractivity contribution in [3.8, 4) is 45.0 Å². The molecule has 16 rings (SSSR count). The number of rotatable bonds is 12. The van der Waals surface area contributed by atoms with Gasteiger partial charge in [-0.1, -0.05) is 104 Å². The minimum absolute atomic E-state index is 0.643. The number of hydrogen-bond donors (Lipinski definition) is 0. The molecule has 0 aliphatic carbocycles. The lowest BCUT2D eigenvalue weighted by Gasteiger charge is -2.11. The van der Waals surface area contributed by atoms with Crippen LogP contribution in [0.25, 0.3) is 133 Å². The molecule has 540 valence electrons. The van der Waals surface area contributed by atoms with Crippen molar-refractivity contribution in [3.63, 3.8) is 0 Å². The summed E-state index contributed by atoms with van der Waals surface area (Å²) in [6.07, 6.45) is 17.0. The van der Waals surface area contributed by atoms with Gasteiger partial charge >= 0.3 is 0 Å². The predicted molar refractivity (Wildman–Crippen MR) is 434 cm³/mol. The van der Waals surface area contributed by atoms with Gasteiger partial charge in [-0.05, 0) is 212 Å². The van der Waals surface area contributed by atoms with Crippen LogP contribution in [0.2, 0.25) is 0 Å². The number of aryl methyl sites for hydroxylation is 14. The topological polar surface area (TPSA) is 120 Å². The molecular formula is C94H104N8O4+4. The number of furan rings is 4. The lowest BCUT2D eigenvalue weighted by molar-refractivity contribution is -0.661. The van der Waals surface area contributed by atoms with Crippen molar-refractivity contribution in [2.75, 3.05) is 0 Å². The van der Waals surface area contributed by atoms with Gasteiger partial charge in [-0.3, -0.25) is 0 Å². The first-order valence-electron chi connectivity index (χ1n) is 37.7. The fourth-order valence-corrected chi connectivity index (χ4v) is 15.5. The third-order valence-corrected chi connectivity index (χ3v) is 20.9. The summed E-state index contributed by atoms with van der Waals surface area (Å²) in [4.78, 5) is 18.0. The van der Waals surface area contributed by atoms with E-state index in [2.05, 4.69) is 299 Å². The van der Waals surface area contributed by atoms with E-state index < -0.39 is 0 Å². The van der Waals surface area contributed by atoms with Crippen LogP contribution in [0.3, 0.4) is 0 Å². The van der Waals surface area contributed by atoms with Crippen molar-refractivity contribution < 1.29 is 35.9 Å². The van der Waals surface area contributed by atoms with Gasteiger partial charge in [0.2, 0.25) is 45.6 Å². The molecule has 0 aliphatic rings. The van der Waals surface area contributed by atoms with Gasteiger partial charge in [-0.2, -0.15) is 0 Å². The smallest absolute Gasteiger partial charge is 0.227 e. The Hall–Kier alpha value is -10.7. The van der Waals surface area contributed by atoms with Crippen molar-refractivity contribution in [1.29, 1.82) is 0 Å². The summed E-state index contributed by atoms with van der Waals surface area (Å²) in [5.74, 6) is 2.58. The molecule has 0 aliphatic heterocycles. The Morgan fingerprint density at radius 3 is 0.774 bits per heavy atom. The van der Waals surface area contributed by atoms with E-state index in [9.17, 15) is 0 Å². The molecule has 12 aromatic heterocycles. The molecule has 0 bridgehead atoms. The monoisotopic (exact) mass is 1410 g/mol. The summed E-state index contributed by atoms with van der Waals surface area (Å²) in [7, 11) is 8.50. The van der Waals surface area contributed by atoms with Crippen LogP contribution in [0.5, 0.6) is 0 Å². The zero-order valence-corrected chi connectivity index (χ0v) is 66.4. The Bertz CT molecular complexity index is 5690. The Morgan fingerprint density at radius 1 is 0.283 bits per heavy atom. The number of pyridine rings is 8. The standard InChI is InChI=1S/2C24H27N2O.2C23H25N2O/c2*1-14(2)11-18-13-26(6)21(12-16(18)4)22-15(3)7-9-19-20-10-8-17(5)25-24(20)27-23(19)22;2*1-14(2)11-17-13-25(5)20(12-16(17)4)21-15(3)8-9-18-19-7-6-10-24-23(19)26-22(18)21/h2*7-10,12-14H,11H2,1-6H3;2*6-10,12-14H,11H2,1-5H3/q4*+1. The second kappa shape index (κ2) is 30.0. The summed E-state index contributed by atoms with van der Waals surface area (Å²) in [5, 5.41) is 8.79. The largest absolute Gasteiger partial charge is 0.437 e. The molecule has 106 heavy (non-hydrogen) atoms. The second-order valence-electron chi connectivity index (χ2n) is 31.6. The van der Waals surface area contributed by atoms with Crippen LogP contribution < -0.4 is 18.3 Å². The van der Waals surface area contributed by atoms with E-state index in [0.717, 1.165) is 125 Å². The summed E-state index contributed by atoms with van der Waals surface area (Å²) in [6, 6.07) is 42.9. The van der Waals surface area contributed by atoms with Gasteiger partial charge in [0.15, 0.2) is 47.1 Å². The molecule has 12 heterocycles. The number of benzene rings is 4. The summed E-state index contributed by atoms with van der Waals surface area (Å²) in [5.41, 5.74) is 33.6. The van der Waals surface area contributed by atoms with Crippen molar-refractivity contribution in [2.24, 2.45) is 51.9 Å². The normalized spacial score (nSPS) is 11.8. The van der Waals surface area contributed by atoms with Crippen molar-refractivity contribution in [1.82, 2.24) is 19.9 Å². The SMILES string of the molecule is Cc1cc(-c2c(C)ccc3c2oc2ncccc23)[n+](C)cc1CC(C)C.Cc1cc(-c2c(C)ccc3c2oc2ncccc23)[n+](C)cc1CC(C)C.Cc1ccc2c(n1)oc1c(-c3cc(C)c(CC(C)C)c[n+]3C)c(C)ccc12.Cc1ccc2c(n1)oc1c(-c3cc(C)c(CC(C)C)c[n+]3C)c(C)ccc12. The van der Waals surface area contributed by atoms with Gasteiger partial charge in [-0.15, -0.1) is 0 Å².